The first-order valence-corrected chi connectivity index (χ1v) is 10.4. The Morgan fingerprint density at radius 3 is 2.33 bits per heavy atom. The zero-order chi connectivity index (χ0) is 20.4. The van der Waals surface area contributed by atoms with Crippen molar-refractivity contribution in [1.29, 1.82) is 0 Å². The van der Waals surface area contributed by atoms with Gasteiger partial charge in [0.05, 0.1) is 33.6 Å². The second-order valence-corrected chi connectivity index (χ2v) is 10.5. The molecule has 0 aliphatic carbocycles. The van der Waals surface area contributed by atoms with Crippen molar-refractivity contribution in [3.8, 4) is 5.69 Å². The summed E-state index contributed by atoms with van der Waals surface area (Å²) in [5, 5.41) is 6.93. The van der Waals surface area contributed by atoms with Crippen LogP contribution in [0.1, 0.15) is 56.6 Å². The number of hydrogen-bond acceptors (Lipinski definition) is 4. The molecule has 148 valence electrons. The number of amides is 1. The number of carbonyl (C=O) groups is 1. The molecule has 0 saturated carbocycles. The summed E-state index contributed by atoms with van der Waals surface area (Å²) in [7, 11) is -3.31. The van der Waals surface area contributed by atoms with Crippen LogP contribution in [0.25, 0.3) is 5.69 Å². The molecule has 0 radical (unpaired) electrons. The monoisotopic (exact) mass is 395 g/mol. The molecule has 0 aliphatic heterocycles. The van der Waals surface area contributed by atoms with Gasteiger partial charge in [0, 0.05) is 6.54 Å². The largest absolute Gasteiger partial charge is 0.351 e. The van der Waals surface area contributed by atoms with Crippen LogP contribution in [0, 0.1) is 5.82 Å². The van der Waals surface area contributed by atoms with Crippen LogP contribution in [0.5, 0.6) is 0 Å². The number of hydrogen-bond donors (Lipinski definition) is 1. The van der Waals surface area contributed by atoms with Gasteiger partial charge in [0.1, 0.15) is 5.82 Å². The maximum atomic E-state index is 13.2. The Labute approximate surface area is 159 Å². The van der Waals surface area contributed by atoms with E-state index in [1.807, 2.05) is 13.8 Å². The summed E-state index contributed by atoms with van der Waals surface area (Å²) in [5.41, 5.74) is 1.70. The van der Waals surface area contributed by atoms with Crippen LogP contribution in [-0.4, -0.2) is 41.2 Å². The van der Waals surface area contributed by atoms with Gasteiger partial charge in [-0.2, -0.15) is 5.10 Å². The molecular formula is C19H26FN3O3S. The number of sulfone groups is 1. The van der Waals surface area contributed by atoms with Crippen LogP contribution < -0.4 is 5.32 Å². The standard InChI is InChI=1S/C19H26FN3O3S/c1-13(2)17-16(12-22-23(17)15-8-6-14(20)7-9-15)18(24)21-10-11-27(25,26)19(3,4)5/h6-9,12-13H,10-11H2,1-5H3,(H,21,24). The molecule has 1 aromatic carbocycles. The smallest absolute Gasteiger partial charge is 0.254 e. The van der Waals surface area contributed by atoms with Crippen LogP contribution in [0.3, 0.4) is 0 Å². The minimum absolute atomic E-state index is 0.0170. The van der Waals surface area contributed by atoms with Gasteiger partial charge in [-0.15, -0.1) is 0 Å². The molecule has 0 atom stereocenters. The van der Waals surface area contributed by atoms with E-state index in [0.717, 1.165) is 0 Å². The van der Waals surface area contributed by atoms with Crippen molar-refractivity contribution in [1.82, 2.24) is 15.1 Å². The number of rotatable bonds is 6. The molecule has 8 heteroatoms. The fourth-order valence-corrected chi connectivity index (χ4v) is 3.56. The first-order valence-electron chi connectivity index (χ1n) is 8.78. The molecule has 1 aromatic heterocycles. The summed E-state index contributed by atoms with van der Waals surface area (Å²) in [5.74, 6) is -0.881. The fourth-order valence-electron chi connectivity index (χ4n) is 2.58. The third-order valence-corrected chi connectivity index (χ3v) is 6.87. The minimum Gasteiger partial charge on any atom is -0.351 e. The summed E-state index contributed by atoms with van der Waals surface area (Å²) in [4.78, 5) is 12.6. The van der Waals surface area contributed by atoms with Crippen LogP contribution >= 0.6 is 0 Å². The van der Waals surface area contributed by atoms with Gasteiger partial charge >= 0.3 is 0 Å². The summed E-state index contributed by atoms with van der Waals surface area (Å²) in [6.07, 6.45) is 1.45. The van der Waals surface area contributed by atoms with Gasteiger partial charge in [-0.25, -0.2) is 17.5 Å². The van der Waals surface area contributed by atoms with Gasteiger partial charge < -0.3 is 5.32 Å². The second kappa shape index (κ2) is 7.80. The summed E-state index contributed by atoms with van der Waals surface area (Å²) in [6, 6.07) is 5.84. The van der Waals surface area contributed by atoms with Crippen LogP contribution in [0.2, 0.25) is 0 Å². The van der Waals surface area contributed by atoms with E-state index in [2.05, 4.69) is 10.4 Å². The zero-order valence-corrected chi connectivity index (χ0v) is 17.1. The number of nitrogens with zero attached hydrogens (tertiary/aromatic N) is 2. The van der Waals surface area contributed by atoms with Gasteiger partial charge in [-0.05, 0) is 51.0 Å². The van der Waals surface area contributed by atoms with Crippen molar-refractivity contribution < 1.29 is 17.6 Å². The lowest BCUT2D eigenvalue weighted by Gasteiger charge is -2.19. The number of benzene rings is 1. The molecule has 0 aliphatic rings. The Balaban J connectivity index is 2.21. The van der Waals surface area contributed by atoms with Crippen molar-refractivity contribution in [2.45, 2.75) is 45.3 Å². The Bertz CT molecular complexity index is 911. The van der Waals surface area contributed by atoms with E-state index in [-0.39, 0.29) is 29.9 Å². The van der Waals surface area contributed by atoms with Gasteiger partial charge in [-0.3, -0.25) is 4.79 Å². The number of halogens is 1. The van der Waals surface area contributed by atoms with E-state index in [0.29, 0.717) is 16.9 Å². The molecular weight excluding hydrogens is 369 g/mol. The summed E-state index contributed by atoms with van der Waals surface area (Å²) < 4.78 is 38.2. The van der Waals surface area contributed by atoms with Gasteiger partial charge in [0.15, 0.2) is 9.84 Å². The highest BCUT2D eigenvalue weighted by Gasteiger charge is 2.29. The normalized spacial score (nSPS) is 12.4. The van der Waals surface area contributed by atoms with E-state index in [4.69, 9.17) is 0 Å². The lowest BCUT2D eigenvalue weighted by molar-refractivity contribution is 0.0954. The van der Waals surface area contributed by atoms with Crippen LogP contribution in [0.4, 0.5) is 4.39 Å². The maximum Gasteiger partial charge on any atom is 0.254 e. The molecule has 0 fully saturated rings. The molecule has 1 N–H and O–H groups in total. The molecule has 2 aromatic rings. The Morgan fingerprint density at radius 2 is 1.81 bits per heavy atom. The zero-order valence-electron chi connectivity index (χ0n) is 16.3. The SMILES string of the molecule is CC(C)c1c(C(=O)NCCS(=O)(=O)C(C)(C)C)cnn1-c1ccc(F)cc1. The third-order valence-electron chi connectivity index (χ3n) is 4.26. The molecule has 0 saturated heterocycles. The van der Waals surface area contributed by atoms with E-state index in [1.54, 1.807) is 37.6 Å². The quantitative estimate of drug-likeness (QED) is 0.815. The first-order chi connectivity index (χ1) is 12.4. The highest BCUT2D eigenvalue weighted by molar-refractivity contribution is 7.92. The lowest BCUT2D eigenvalue weighted by Crippen LogP contribution is -2.36. The molecule has 1 amide bonds. The van der Waals surface area contributed by atoms with Crippen molar-refractivity contribution >= 4 is 15.7 Å². The molecule has 27 heavy (non-hydrogen) atoms. The minimum atomic E-state index is -3.31. The van der Waals surface area contributed by atoms with Gasteiger partial charge in [0.25, 0.3) is 5.91 Å². The highest BCUT2D eigenvalue weighted by Crippen LogP contribution is 2.23. The Morgan fingerprint density at radius 1 is 1.22 bits per heavy atom. The third kappa shape index (κ3) is 4.74. The predicted octanol–water partition coefficient (Wildman–Crippen LogP) is 3.08. The highest BCUT2D eigenvalue weighted by atomic mass is 32.2. The van der Waals surface area contributed by atoms with E-state index < -0.39 is 14.6 Å². The summed E-state index contributed by atoms with van der Waals surface area (Å²) in [6.45, 7) is 8.78. The number of aromatic nitrogens is 2. The maximum absolute atomic E-state index is 13.2. The van der Waals surface area contributed by atoms with E-state index >= 15 is 0 Å². The lowest BCUT2D eigenvalue weighted by atomic mass is 10.1. The molecule has 6 nitrogen and oxygen atoms in total. The van der Waals surface area contributed by atoms with Gasteiger partial charge in [0.2, 0.25) is 0 Å². The second-order valence-electron chi connectivity index (χ2n) is 7.67. The van der Waals surface area contributed by atoms with E-state index in [9.17, 15) is 17.6 Å². The first kappa shape index (κ1) is 21.1. The average molecular weight is 396 g/mol. The molecule has 0 bridgehead atoms. The van der Waals surface area contributed by atoms with Crippen LogP contribution in [0.15, 0.2) is 30.5 Å². The number of carbonyl (C=O) groups excluding carboxylic acids is 1. The summed E-state index contributed by atoms with van der Waals surface area (Å²) >= 11 is 0. The average Bonchev–Trinajstić information content (AvgIpc) is 2.99. The van der Waals surface area contributed by atoms with Crippen molar-refractivity contribution in [3.05, 3.63) is 47.5 Å². The fraction of sp³-hybridized carbons (Fsp3) is 0.474. The predicted molar refractivity (Wildman–Crippen MR) is 103 cm³/mol. The van der Waals surface area contributed by atoms with Crippen molar-refractivity contribution in [3.63, 3.8) is 0 Å². The van der Waals surface area contributed by atoms with Crippen molar-refractivity contribution in [2.75, 3.05) is 12.3 Å². The molecule has 0 unspecified atom stereocenters. The van der Waals surface area contributed by atoms with Crippen molar-refractivity contribution in [2.24, 2.45) is 0 Å². The molecule has 2 rings (SSSR count). The van der Waals surface area contributed by atoms with Gasteiger partial charge in [-0.1, -0.05) is 13.8 Å². The van der Waals surface area contributed by atoms with E-state index in [1.165, 1.54) is 18.3 Å². The molecule has 1 heterocycles. The topological polar surface area (TPSA) is 81.1 Å². The molecule has 0 spiro atoms. The van der Waals surface area contributed by atoms with Crippen LogP contribution in [-0.2, 0) is 9.84 Å². The Hall–Kier alpha value is -2.22. The number of nitrogens with one attached hydrogen (secondary N) is 1. The Kier molecular flexibility index (Phi) is 6.09.